The average molecular weight is 510 g/mol. The fourth-order valence-corrected chi connectivity index (χ4v) is 7.98. The number of amides is 1. The molecular weight excluding hydrogens is 485 g/mol. The number of benzene rings is 1. The number of piperidine rings is 1. The van der Waals surface area contributed by atoms with Crippen LogP contribution in [0.4, 0.5) is 9.52 Å². The highest BCUT2D eigenvalue weighted by atomic mass is 32.2. The number of halogens is 1. The zero-order valence-corrected chi connectivity index (χ0v) is 20.3. The van der Waals surface area contributed by atoms with Gasteiger partial charge in [-0.25, -0.2) is 17.8 Å². The number of carbonyl (C=O) groups is 1. The van der Waals surface area contributed by atoms with Gasteiger partial charge in [-0.3, -0.25) is 9.69 Å². The van der Waals surface area contributed by atoms with Gasteiger partial charge < -0.3 is 4.74 Å². The Hall–Kier alpha value is -1.92. The van der Waals surface area contributed by atoms with Gasteiger partial charge in [-0.15, -0.1) is 11.3 Å². The minimum atomic E-state index is -3.53. The molecule has 2 aliphatic heterocycles. The lowest BCUT2D eigenvalue weighted by atomic mass is 9.96. The summed E-state index contributed by atoms with van der Waals surface area (Å²) in [4.78, 5) is 19.7. The van der Waals surface area contributed by atoms with Crippen molar-refractivity contribution in [1.82, 2.24) is 9.29 Å². The molecule has 0 N–H and O–H groups in total. The molecule has 176 valence electrons. The van der Waals surface area contributed by atoms with Crippen LogP contribution in [0.5, 0.6) is 0 Å². The fraction of sp³-hybridized carbons (Fsp3) is 0.455. The van der Waals surface area contributed by atoms with E-state index in [1.54, 1.807) is 34.5 Å². The molecular formula is C22H24FN3O4S3. The van der Waals surface area contributed by atoms with Crippen LogP contribution in [-0.4, -0.2) is 56.0 Å². The van der Waals surface area contributed by atoms with Gasteiger partial charge in [-0.2, -0.15) is 4.31 Å². The van der Waals surface area contributed by atoms with E-state index in [9.17, 15) is 17.6 Å². The van der Waals surface area contributed by atoms with E-state index in [1.807, 2.05) is 0 Å². The Bertz CT molecular complexity index is 1230. The lowest BCUT2D eigenvalue weighted by Crippen LogP contribution is -2.46. The zero-order valence-electron chi connectivity index (χ0n) is 17.9. The second-order valence-corrected chi connectivity index (χ2v) is 12.4. The molecule has 11 heteroatoms. The smallest absolute Gasteiger partial charge is 0.252 e. The van der Waals surface area contributed by atoms with Crippen molar-refractivity contribution in [3.05, 3.63) is 41.5 Å². The van der Waals surface area contributed by atoms with Crippen LogP contribution in [0.3, 0.4) is 0 Å². The molecule has 1 aromatic carbocycles. The third-order valence-electron chi connectivity index (χ3n) is 6.16. The van der Waals surface area contributed by atoms with Crippen LogP contribution in [0, 0.1) is 11.7 Å². The first-order valence-corrected chi connectivity index (χ1v) is 14.1. The largest absolute Gasteiger partial charge is 0.376 e. The average Bonchev–Trinajstić information content (AvgIpc) is 3.59. The minimum Gasteiger partial charge on any atom is -0.376 e. The summed E-state index contributed by atoms with van der Waals surface area (Å²) < 4.78 is 48.1. The number of sulfonamides is 1. The predicted molar refractivity (Wildman–Crippen MR) is 127 cm³/mol. The summed E-state index contributed by atoms with van der Waals surface area (Å²) in [6.45, 7) is 1.62. The van der Waals surface area contributed by atoms with Gasteiger partial charge in [0.25, 0.3) is 10.0 Å². The van der Waals surface area contributed by atoms with E-state index in [0.29, 0.717) is 53.1 Å². The first-order valence-electron chi connectivity index (χ1n) is 10.9. The van der Waals surface area contributed by atoms with E-state index < -0.39 is 15.8 Å². The first kappa shape index (κ1) is 22.9. The maximum atomic E-state index is 14.2. The Morgan fingerprint density at radius 3 is 2.70 bits per heavy atom. The molecule has 0 bridgehead atoms. The van der Waals surface area contributed by atoms with Crippen molar-refractivity contribution in [2.45, 2.75) is 36.0 Å². The van der Waals surface area contributed by atoms with Gasteiger partial charge in [0, 0.05) is 25.6 Å². The summed E-state index contributed by atoms with van der Waals surface area (Å²) in [5.74, 6) is -0.831. The Balaban J connectivity index is 1.35. The van der Waals surface area contributed by atoms with Crippen molar-refractivity contribution in [1.29, 1.82) is 0 Å². The van der Waals surface area contributed by atoms with Crippen LogP contribution in [0.2, 0.25) is 0 Å². The Morgan fingerprint density at radius 1 is 1.21 bits per heavy atom. The molecule has 1 amide bonds. The van der Waals surface area contributed by atoms with Gasteiger partial charge in [-0.05, 0) is 49.3 Å². The molecule has 0 saturated carbocycles. The normalized spacial score (nSPS) is 20.5. The monoisotopic (exact) mass is 509 g/mol. The molecule has 0 spiro atoms. The summed E-state index contributed by atoms with van der Waals surface area (Å²) in [6, 6.07) is 8.12. The van der Waals surface area contributed by atoms with E-state index in [2.05, 4.69) is 4.98 Å². The Labute approximate surface area is 199 Å². The van der Waals surface area contributed by atoms with Gasteiger partial charge >= 0.3 is 0 Å². The third kappa shape index (κ3) is 4.57. The second-order valence-electron chi connectivity index (χ2n) is 8.28. The van der Waals surface area contributed by atoms with E-state index in [0.717, 1.165) is 12.8 Å². The third-order valence-corrected chi connectivity index (χ3v) is 10.5. The Kier molecular flexibility index (Phi) is 6.49. The highest BCUT2D eigenvalue weighted by Gasteiger charge is 2.36. The van der Waals surface area contributed by atoms with Crippen molar-refractivity contribution >= 4 is 54.0 Å². The standard InChI is InChI=1S/C22H24FN3O4S3/c23-17-5-1-6-18-20(17)24-22(32-18)26(14-16-4-2-12-30-16)21(27)15-8-10-25(11-9-15)33(28,29)19-7-3-13-31-19/h1,3,5-7,13,15-16H,2,4,8-12,14H2. The van der Waals surface area contributed by atoms with Crippen molar-refractivity contribution in [2.24, 2.45) is 5.92 Å². The van der Waals surface area contributed by atoms with E-state index in [1.165, 1.54) is 33.0 Å². The number of carbonyl (C=O) groups excluding carboxylic acids is 1. The summed E-state index contributed by atoms with van der Waals surface area (Å²) in [7, 11) is -3.53. The molecule has 3 aromatic rings. The van der Waals surface area contributed by atoms with Crippen molar-refractivity contribution in [3.8, 4) is 0 Å². The van der Waals surface area contributed by atoms with Crippen LogP contribution in [0.15, 0.2) is 39.9 Å². The molecule has 0 aliphatic carbocycles. The summed E-state index contributed by atoms with van der Waals surface area (Å²) in [5.41, 5.74) is 0.263. The molecule has 2 aliphatic rings. The molecule has 7 nitrogen and oxygen atoms in total. The summed E-state index contributed by atoms with van der Waals surface area (Å²) in [6.07, 6.45) is 2.60. The van der Waals surface area contributed by atoms with Gasteiger partial charge in [0.15, 0.2) is 5.13 Å². The molecule has 2 aromatic heterocycles. The minimum absolute atomic E-state index is 0.0786. The lowest BCUT2D eigenvalue weighted by molar-refractivity contribution is -0.123. The van der Waals surface area contributed by atoms with Crippen molar-refractivity contribution in [2.75, 3.05) is 31.1 Å². The van der Waals surface area contributed by atoms with E-state index >= 15 is 0 Å². The molecule has 33 heavy (non-hydrogen) atoms. The van der Waals surface area contributed by atoms with E-state index in [4.69, 9.17) is 4.74 Å². The van der Waals surface area contributed by atoms with Gasteiger partial charge in [0.1, 0.15) is 15.5 Å². The topological polar surface area (TPSA) is 79.8 Å². The maximum absolute atomic E-state index is 14.2. The Morgan fingerprint density at radius 2 is 2.03 bits per heavy atom. The zero-order chi connectivity index (χ0) is 23.0. The van der Waals surface area contributed by atoms with Gasteiger partial charge in [-0.1, -0.05) is 23.5 Å². The second kappa shape index (κ2) is 9.38. The van der Waals surface area contributed by atoms with E-state index in [-0.39, 0.29) is 23.4 Å². The summed E-state index contributed by atoms with van der Waals surface area (Å²) >= 11 is 2.49. The number of rotatable bonds is 6. The molecule has 1 atom stereocenters. The fourth-order valence-electron chi connectivity index (χ4n) is 4.37. The number of thiazole rings is 1. The molecule has 1 unspecified atom stereocenters. The predicted octanol–water partition coefficient (Wildman–Crippen LogP) is 4.11. The molecule has 4 heterocycles. The highest BCUT2D eigenvalue weighted by Crippen LogP contribution is 2.34. The number of anilines is 1. The van der Waals surface area contributed by atoms with Gasteiger partial charge in [0.05, 0.1) is 17.3 Å². The van der Waals surface area contributed by atoms with Crippen LogP contribution in [0.25, 0.3) is 10.2 Å². The number of nitrogens with zero attached hydrogens (tertiary/aromatic N) is 3. The number of para-hydroxylation sites is 1. The number of hydrogen-bond acceptors (Lipinski definition) is 7. The van der Waals surface area contributed by atoms with Crippen LogP contribution >= 0.6 is 22.7 Å². The number of fused-ring (bicyclic) bond motifs is 1. The molecule has 5 rings (SSSR count). The summed E-state index contributed by atoms with van der Waals surface area (Å²) in [5, 5.41) is 2.21. The number of aromatic nitrogens is 1. The number of thiophene rings is 1. The van der Waals surface area contributed by atoms with Crippen LogP contribution in [0.1, 0.15) is 25.7 Å². The molecule has 2 fully saturated rings. The van der Waals surface area contributed by atoms with Crippen LogP contribution in [-0.2, 0) is 19.6 Å². The van der Waals surface area contributed by atoms with Gasteiger partial charge in [0.2, 0.25) is 5.91 Å². The lowest BCUT2D eigenvalue weighted by Gasteiger charge is -2.33. The van der Waals surface area contributed by atoms with Crippen molar-refractivity contribution in [3.63, 3.8) is 0 Å². The molecule has 2 saturated heterocycles. The first-order chi connectivity index (χ1) is 15.9. The quantitative estimate of drug-likeness (QED) is 0.500. The number of hydrogen-bond donors (Lipinski definition) is 0. The SMILES string of the molecule is O=C(C1CCN(S(=O)(=O)c2cccs2)CC1)N(CC1CCCO1)c1nc2c(F)cccc2s1. The molecule has 0 radical (unpaired) electrons. The maximum Gasteiger partial charge on any atom is 0.252 e. The highest BCUT2D eigenvalue weighted by molar-refractivity contribution is 7.91. The number of ether oxygens (including phenoxy) is 1. The van der Waals surface area contributed by atoms with Crippen LogP contribution < -0.4 is 4.90 Å². The van der Waals surface area contributed by atoms with Crippen molar-refractivity contribution < 1.29 is 22.3 Å².